The average molecular weight is 217 g/mol. The smallest absolute Gasteiger partial charge is 0.159 e. The molecule has 0 radical (unpaired) electrons. The topological polar surface area (TPSA) is 20.3 Å². The summed E-state index contributed by atoms with van der Waals surface area (Å²) in [6.45, 7) is 7.02. The van der Waals surface area contributed by atoms with Crippen LogP contribution < -0.4 is 4.90 Å². The number of anilines is 1. The largest absolute Gasteiger partial charge is 0.359 e. The molecule has 16 heavy (non-hydrogen) atoms. The van der Waals surface area contributed by atoms with Gasteiger partial charge in [-0.05, 0) is 38.0 Å². The number of benzene rings is 1. The molecule has 2 nitrogen and oxygen atoms in total. The van der Waals surface area contributed by atoms with Gasteiger partial charge in [-0.15, -0.1) is 0 Å². The summed E-state index contributed by atoms with van der Waals surface area (Å²) < 4.78 is 0. The maximum atomic E-state index is 11.8. The minimum atomic E-state index is -0.340. The van der Waals surface area contributed by atoms with Crippen LogP contribution in [0.3, 0.4) is 0 Å². The second-order valence-electron chi connectivity index (χ2n) is 4.90. The van der Waals surface area contributed by atoms with Gasteiger partial charge in [-0.3, -0.25) is 4.79 Å². The van der Waals surface area contributed by atoms with Crippen LogP contribution in [0.5, 0.6) is 0 Å². The first kappa shape index (κ1) is 11.2. The Labute approximate surface area is 97.3 Å². The van der Waals surface area contributed by atoms with Gasteiger partial charge >= 0.3 is 0 Å². The van der Waals surface area contributed by atoms with Gasteiger partial charge in [0.2, 0.25) is 0 Å². The van der Waals surface area contributed by atoms with E-state index in [1.54, 1.807) is 0 Å². The monoisotopic (exact) mass is 217 g/mol. The SMILES string of the molecule is CCc1ccc(N2CCC(=O)C2(C)C)cc1. The zero-order valence-electron chi connectivity index (χ0n) is 10.3. The molecule has 0 amide bonds. The van der Waals surface area contributed by atoms with E-state index >= 15 is 0 Å². The highest BCUT2D eigenvalue weighted by Gasteiger charge is 2.39. The molecule has 1 heterocycles. The van der Waals surface area contributed by atoms with Gasteiger partial charge in [-0.1, -0.05) is 19.1 Å². The van der Waals surface area contributed by atoms with Gasteiger partial charge in [0.05, 0.1) is 5.54 Å². The Kier molecular flexibility index (Phi) is 2.75. The molecule has 1 aromatic rings. The molecule has 0 N–H and O–H groups in total. The lowest BCUT2D eigenvalue weighted by Gasteiger charge is -2.32. The zero-order chi connectivity index (χ0) is 11.8. The Balaban J connectivity index is 2.27. The fraction of sp³-hybridized carbons (Fsp3) is 0.500. The first-order valence-electron chi connectivity index (χ1n) is 5.95. The molecule has 0 atom stereocenters. The zero-order valence-corrected chi connectivity index (χ0v) is 10.3. The molecule has 2 heteroatoms. The van der Waals surface area contributed by atoms with Crippen molar-refractivity contribution in [2.45, 2.75) is 39.2 Å². The summed E-state index contributed by atoms with van der Waals surface area (Å²) >= 11 is 0. The van der Waals surface area contributed by atoms with E-state index in [0.717, 1.165) is 18.7 Å². The summed E-state index contributed by atoms with van der Waals surface area (Å²) in [5.74, 6) is 0.340. The van der Waals surface area contributed by atoms with Crippen LogP contribution in [0, 0.1) is 0 Å². The summed E-state index contributed by atoms with van der Waals surface area (Å²) in [5.41, 5.74) is 2.16. The van der Waals surface area contributed by atoms with Gasteiger partial charge in [0.15, 0.2) is 5.78 Å². The normalized spacial score (nSPS) is 19.2. The van der Waals surface area contributed by atoms with Crippen LogP contribution in [0.25, 0.3) is 0 Å². The maximum absolute atomic E-state index is 11.8. The van der Waals surface area contributed by atoms with E-state index in [0.29, 0.717) is 12.2 Å². The fourth-order valence-corrected chi connectivity index (χ4v) is 2.31. The number of ketones is 1. The lowest BCUT2D eigenvalue weighted by atomic mass is 10.00. The van der Waals surface area contributed by atoms with Crippen LogP contribution in [0.15, 0.2) is 24.3 Å². The molecule has 0 unspecified atom stereocenters. The van der Waals surface area contributed by atoms with Crippen molar-refractivity contribution in [1.82, 2.24) is 0 Å². The fourth-order valence-electron chi connectivity index (χ4n) is 2.31. The third-order valence-corrected chi connectivity index (χ3v) is 3.58. The third-order valence-electron chi connectivity index (χ3n) is 3.58. The van der Waals surface area contributed by atoms with Crippen molar-refractivity contribution < 1.29 is 4.79 Å². The molecule has 86 valence electrons. The molecule has 1 fully saturated rings. The van der Waals surface area contributed by atoms with E-state index in [-0.39, 0.29) is 5.54 Å². The number of hydrogen-bond acceptors (Lipinski definition) is 2. The van der Waals surface area contributed by atoms with Gasteiger partial charge in [-0.2, -0.15) is 0 Å². The molecule has 0 saturated carbocycles. The Morgan fingerprint density at radius 1 is 1.25 bits per heavy atom. The predicted octanol–water partition coefficient (Wildman–Crippen LogP) is 2.81. The number of hydrogen-bond donors (Lipinski definition) is 0. The van der Waals surface area contributed by atoms with Crippen LogP contribution in [0.2, 0.25) is 0 Å². The van der Waals surface area contributed by atoms with Crippen molar-refractivity contribution >= 4 is 11.5 Å². The molecular formula is C14H19NO. The van der Waals surface area contributed by atoms with Crippen molar-refractivity contribution in [3.63, 3.8) is 0 Å². The number of nitrogens with zero attached hydrogens (tertiary/aromatic N) is 1. The number of rotatable bonds is 2. The van der Waals surface area contributed by atoms with E-state index < -0.39 is 0 Å². The van der Waals surface area contributed by atoms with E-state index in [2.05, 4.69) is 36.1 Å². The number of Topliss-reactive ketones (excluding diaryl/α,β-unsaturated/α-hetero) is 1. The summed E-state index contributed by atoms with van der Waals surface area (Å²) in [6, 6.07) is 8.54. The van der Waals surface area contributed by atoms with Gasteiger partial charge in [0.25, 0.3) is 0 Å². The van der Waals surface area contributed by atoms with Crippen LogP contribution in [-0.4, -0.2) is 17.9 Å². The lowest BCUT2D eigenvalue weighted by Crippen LogP contribution is -2.42. The predicted molar refractivity (Wildman–Crippen MR) is 66.9 cm³/mol. The Hall–Kier alpha value is -1.31. The van der Waals surface area contributed by atoms with Crippen molar-refractivity contribution in [3.8, 4) is 0 Å². The quantitative estimate of drug-likeness (QED) is 0.759. The number of carbonyl (C=O) groups excluding carboxylic acids is 1. The Bertz CT molecular complexity index is 392. The van der Waals surface area contributed by atoms with E-state index in [9.17, 15) is 4.79 Å². The van der Waals surface area contributed by atoms with Gasteiger partial charge < -0.3 is 4.90 Å². The Morgan fingerprint density at radius 3 is 2.31 bits per heavy atom. The summed E-state index contributed by atoms with van der Waals surface area (Å²) in [7, 11) is 0. The summed E-state index contributed by atoms with van der Waals surface area (Å²) in [5, 5.41) is 0. The van der Waals surface area contributed by atoms with Crippen LogP contribution in [-0.2, 0) is 11.2 Å². The van der Waals surface area contributed by atoms with Gasteiger partial charge in [0, 0.05) is 18.7 Å². The number of aryl methyl sites for hydroxylation is 1. The molecule has 1 saturated heterocycles. The molecule has 1 aliphatic rings. The lowest BCUT2D eigenvalue weighted by molar-refractivity contribution is -0.120. The number of carbonyl (C=O) groups is 1. The van der Waals surface area contributed by atoms with Gasteiger partial charge in [0.1, 0.15) is 0 Å². The first-order valence-corrected chi connectivity index (χ1v) is 5.95. The standard InChI is InChI=1S/C14H19NO/c1-4-11-5-7-12(8-6-11)15-10-9-13(16)14(15,2)3/h5-8H,4,9-10H2,1-3H3. The molecule has 0 aliphatic carbocycles. The minimum Gasteiger partial charge on any atom is -0.359 e. The van der Waals surface area contributed by atoms with Crippen LogP contribution >= 0.6 is 0 Å². The highest BCUT2D eigenvalue weighted by atomic mass is 16.1. The van der Waals surface area contributed by atoms with E-state index in [4.69, 9.17) is 0 Å². The second-order valence-corrected chi connectivity index (χ2v) is 4.90. The minimum absolute atomic E-state index is 0.340. The van der Waals surface area contributed by atoms with E-state index in [1.807, 2.05) is 13.8 Å². The van der Waals surface area contributed by atoms with E-state index in [1.165, 1.54) is 5.56 Å². The maximum Gasteiger partial charge on any atom is 0.159 e. The van der Waals surface area contributed by atoms with Crippen molar-refractivity contribution in [2.75, 3.05) is 11.4 Å². The van der Waals surface area contributed by atoms with Crippen molar-refractivity contribution in [1.29, 1.82) is 0 Å². The third kappa shape index (κ3) is 1.73. The molecular weight excluding hydrogens is 198 g/mol. The first-order chi connectivity index (χ1) is 7.55. The Morgan fingerprint density at radius 2 is 1.88 bits per heavy atom. The molecule has 1 aliphatic heterocycles. The second kappa shape index (κ2) is 3.93. The molecule has 0 spiro atoms. The summed E-state index contributed by atoms with van der Waals surface area (Å²) in [4.78, 5) is 14.0. The van der Waals surface area contributed by atoms with Crippen molar-refractivity contribution in [3.05, 3.63) is 29.8 Å². The summed E-state index contributed by atoms with van der Waals surface area (Å²) in [6.07, 6.45) is 1.73. The van der Waals surface area contributed by atoms with Crippen LogP contribution in [0.1, 0.15) is 32.8 Å². The molecule has 2 rings (SSSR count). The molecule has 0 bridgehead atoms. The van der Waals surface area contributed by atoms with Crippen molar-refractivity contribution in [2.24, 2.45) is 0 Å². The molecule has 1 aromatic carbocycles. The average Bonchev–Trinajstić information content (AvgIpc) is 2.54. The van der Waals surface area contributed by atoms with Gasteiger partial charge in [-0.25, -0.2) is 0 Å². The highest BCUT2D eigenvalue weighted by molar-refractivity contribution is 5.94. The van der Waals surface area contributed by atoms with Crippen LogP contribution in [0.4, 0.5) is 5.69 Å². The highest BCUT2D eigenvalue weighted by Crippen LogP contribution is 2.31. The molecule has 0 aromatic heterocycles.